The molecule has 4 rings (SSSR count). The van der Waals surface area contributed by atoms with Gasteiger partial charge in [0.25, 0.3) is 17.1 Å². The van der Waals surface area contributed by atoms with Crippen LogP contribution in [0.25, 0.3) is 5.57 Å². The van der Waals surface area contributed by atoms with Gasteiger partial charge in [0.05, 0.1) is 22.7 Å². The lowest BCUT2D eigenvalue weighted by Gasteiger charge is -2.17. The molecule has 146 valence electrons. The monoisotopic (exact) mass is 408 g/mol. The molecule has 2 heterocycles. The quantitative estimate of drug-likeness (QED) is 0.782. The maximum atomic E-state index is 13.3. The summed E-state index contributed by atoms with van der Waals surface area (Å²) < 4.78 is 0. The minimum Gasteiger partial charge on any atom is -0.480 e. The van der Waals surface area contributed by atoms with Gasteiger partial charge in [0.2, 0.25) is 0 Å². The Bertz CT molecular complexity index is 1090. The van der Waals surface area contributed by atoms with E-state index in [0.717, 1.165) is 11.1 Å². The predicted octanol–water partition coefficient (Wildman–Crippen LogP) is 3.03. The Kier molecular flexibility index (Phi) is 4.71. The molecule has 0 spiro atoms. The number of anilines is 1. The van der Waals surface area contributed by atoms with Crippen LogP contribution in [0.2, 0.25) is 0 Å². The number of hydrogen-bond donors (Lipinski definition) is 1. The highest BCUT2D eigenvalue weighted by Crippen LogP contribution is 2.44. The molecular formula is C21H16N2O5S. The number of carboxylic acids is 1. The molecule has 0 saturated carbocycles. The molecule has 0 unspecified atom stereocenters. The fourth-order valence-electron chi connectivity index (χ4n) is 3.35. The van der Waals surface area contributed by atoms with Crippen molar-refractivity contribution in [3.05, 3.63) is 70.1 Å². The first-order valence-electron chi connectivity index (χ1n) is 8.83. The van der Waals surface area contributed by atoms with Gasteiger partial charge in [0.15, 0.2) is 0 Å². The van der Waals surface area contributed by atoms with Crippen LogP contribution in [-0.4, -0.2) is 39.6 Å². The Morgan fingerprint density at radius 2 is 1.66 bits per heavy atom. The van der Waals surface area contributed by atoms with Crippen LogP contribution in [0.1, 0.15) is 16.7 Å². The summed E-state index contributed by atoms with van der Waals surface area (Å²) in [6.45, 7) is 1.56. The number of thioether (sulfide) groups is 1. The van der Waals surface area contributed by atoms with Gasteiger partial charge < -0.3 is 10.0 Å². The molecule has 0 bridgehead atoms. The van der Waals surface area contributed by atoms with E-state index in [2.05, 4.69) is 0 Å². The molecule has 2 aromatic carbocycles. The van der Waals surface area contributed by atoms with Gasteiger partial charge in [-0.2, -0.15) is 0 Å². The molecule has 0 aliphatic carbocycles. The number of nitrogens with zero attached hydrogens (tertiary/aromatic N) is 2. The Morgan fingerprint density at radius 3 is 2.34 bits per heavy atom. The zero-order valence-corrected chi connectivity index (χ0v) is 16.2. The third kappa shape index (κ3) is 3.31. The van der Waals surface area contributed by atoms with E-state index < -0.39 is 23.7 Å². The number of hydrogen-bond acceptors (Lipinski definition) is 5. The molecule has 29 heavy (non-hydrogen) atoms. The van der Waals surface area contributed by atoms with Crippen molar-refractivity contribution in [1.82, 2.24) is 4.90 Å². The number of rotatable bonds is 4. The highest BCUT2D eigenvalue weighted by Gasteiger charge is 2.43. The lowest BCUT2D eigenvalue weighted by Crippen LogP contribution is -2.33. The highest BCUT2D eigenvalue weighted by atomic mass is 32.2. The smallest absolute Gasteiger partial charge is 0.323 e. The highest BCUT2D eigenvalue weighted by molar-refractivity contribution is 8.18. The van der Waals surface area contributed by atoms with E-state index in [4.69, 9.17) is 5.11 Å². The minimum absolute atomic E-state index is 0.0277. The van der Waals surface area contributed by atoms with E-state index in [-0.39, 0.29) is 16.4 Å². The summed E-state index contributed by atoms with van der Waals surface area (Å²) in [5.74, 6) is -2.43. The maximum absolute atomic E-state index is 13.3. The Hall–Kier alpha value is -3.39. The molecule has 1 fully saturated rings. The summed E-state index contributed by atoms with van der Waals surface area (Å²) >= 11 is 0.605. The van der Waals surface area contributed by atoms with Gasteiger partial charge in [-0.05, 0) is 30.3 Å². The fraction of sp³-hybridized carbons (Fsp3) is 0.143. The van der Waals surface area contributed by atoms with Crippen molar-refractivity contribution in [3.8, 4) is 0 Å². The fourth-order valence-corrected chi connectivity index (χ4v) is 4.28. The van der Waals surface area contributed by atoms with E-state index >= 15 is 0 Å². The van der Waals surface area contributed by atoms with Crippen LogP contribution in [0.5, 0.6) is 0 Å². The van der Waals surface area contributed by atoms with Crippen molar-refractivity contribution < 1.29 is 24.3 Å². The van der Waals surface area contributed by atoms with Gasteiger partial charge in [-0.25, -0.2) is 0 Å². The first kappa shape index (κ1) is 18.9. The van der Waals surface area contributed by atoms with Crippen molar-refractivity contribution in [1.29, 1.82) is 0 Å². The average molecular weight is 408 g/mol. The molecule has 0 radical (unpaired) electrons. The largest absolute Gasteiger partial charge is 0.480 e. The van der Waals surface area contributed by atoms with E-state index in [1.807, 2.05) is 31.2 Å². The van der Waals surface area contributed by atoms with Crippen LogP contribution in [0, 0.1) is 6.92 Å². The number of carbonyl (C=O) groups excluding carboxylic acids is 3. The third-order valence-electron chi connectivity index (χ3n) is 4.75. The molecule has 0 atom stereocenters. The van der Waals surface area contributed by atoms with Gasteiger partial charge in [0.1, 0.15) is 6.54 Å². The van der Waals surface area contributed by atoms with Crippen LogP contribution in [0.4, 0.5) is 10.5 Å². The van der Waals surface area contributed by atoms with Crippen LogP contribution < -0.4 is 4.90 Å². The maximum Gasteiger partial charge on any atom is 0.323 e. The number of aryl methyl sites for hydroxylation is 1. The second kappa shape index (κ2) is 7.21. The summed E-state index contributed by atoms with van der Waals surface area (Å²) in [6, 6.07) is 14.9. The molecule has 1 saturated heterocycles. The zero-order valence-electron chi connectivity index (χ0n) is 15.4. The van der Waals surface area contributed by atoms with Crippen molar-refractivity contribution >= 4 is 46.0 Å². The minimum atomic E-state index is -1.29. The van der Waals surface area contributed by atoms with E-state index in [1.54, 1.807) is 29.2 Å². The Morgan fingerprint density at radius 1 is 0.966 bits per heavy atom. The predicted molar refractivity (Wildman–Crippen MR) is 108 cm³/mol. The third-order valence-corrected chi connectivity index (χ3v) is 5.73. The number of para-hydroxylation sites is 1. The van der Waals surface area contributed by atoms with Crippen molar-refractivity contribution in [2.24, 2.45) is 0 Å². The second-order valence-electron chi connectivity index (χ2n) is 6.75. The molecule has 0 aromatic heterocycles. The number of fused-ring (bicyclic) bond motifs is 1. The van der Waals surface area contributed by atoms with Crippen LogP contribution in [0.3, 0.4) is 0 Å². The van der Waals surface area contributed by atoms with Crippen molar-refractivity contribution in [2.75, 3.05) is 11.4 Å². The molecule has 7 nitrogen and oxygen atoms in total. The van der Waals surface area contributed by atoms with Crippen LogP contribution in [0.15, 0.2) is 53.4 Å². The number of aliphatic carboxylic acids is 1. The lowest BCUT2D eigenvalue weighted by atomic mass is 10.1. The number of carboxylic acid groups (broad SMARTS) is 1. The number of carbonyl (C=O) groups is 4. The zero-order chi connectivity index (χ0) is 20.7. The summed E-state index contributed by atoms with van der Waals surface area (Å²) in [5, 5.41) is 8.26. The van der Waals surface area contributed by atoms with E-state index in [1.165, 1.54) is 0 Å². The Labute approximate surface area is 170 Å². The van der Waals surface area contributed by atoms with Crippen molar-refractivity contribution in [3.63, 3.8) is 0 Å². The summed E-state index contributed by atoms with van der Waals surface area (Å²) in [5.41, 5.74) is 3.39. The van der Waals surface area contributed by atoms with Gasteiger partial charge in [-0.1, -0.05) is 48.0 Å². The lowest BCUT2D eigenvalue weighted by molar-refractivity contribution is -0.140. The van der Waals surface area contributed by atoms with E-state index in [9.17, 15) is 19.2 Å². The van der Waals surface area contributed by atoms with E-state index in [0.29, 0.717) is 34.5 Å². The number of imide groups is 1. The molecular weight excluding hydrogens is 392 g/mol. The SMILES string of the molecule is Cc1ccc(CN2C(=O)/C(=C3\SC(=O)N(CC(=O)O)C3=O)c3ccccc32)cc1. The normalized spacial score (nSPS) is 18.6. The van der Waals surface area contributed by atoms with Gasteiger partial charge in [0, 0.05) is 5.56 Å². The first-order valence-corrected chi connectivity index (χ1v) is 9.65. The number of benzene rings is 2. The summed E-state index contributed by atoms with van der Waals surface area (Å²) in [4.78, 5) is 51.3. The van der Waals surface area contributed by atoms with Gasteiger partial charge >= 0.3 is 5.97 Å². The molecule has 3 amide bonds. The second-order valence-corrected chi connectivity index (χ2v) is 7.71. The average Bonchev–Trinajstić information content (AvgIpc) is 3.11. The molecule has 2 aliphatic rings. The van der Waals surface area contributed by atoms with Gasteiger partial charge in [-0.15, -0.1) is 0 Å². The topological polar surface area (TPSA) is 95.0 Å². The molecule has 2 aliphatic heterocycles. The number of amides is 3. The van der Waals surface area contributed by atoms with Crippen LogP contribution in [-0.2, 0) is 20.9 Å². The molecule has 8 heteroatoms. The van der Waals surface area contributed by atoms with Crippen molar-refractivity contribution in [2.45, 2.75) is 13.5 Å². The molecule has 1 N–H and O–H groups in total. The summed E-state index contributed by atoms with van der Waals surface area (Å²) in [7, 11) is 0. The molecule has 2 aromatic rings. The summed E-state index contributed by atoms with van der Waals surface area (Å²) in [6.07, 6.45) is 0. The first-order chi connectivity index (χ1) is 13.9. The standard InChI is InChI=1S/C21H16N2O5S/c1-12-6-8-13(9-7-12)10-22-15-5-3-2-4-14(15)17(19(22)26)18-20(27)23(11-16(24)25)21(28)29-18/h2-9H,10-11H2,1H3,(H,24,25)/b18-17-. The van der Waals surface area contributed by atoms with Gasteiger partial charge in [-0.3, -0.25) is 24.1 Å². The van der Waals surface area contributed by atoms with Crippen LogP contribution >= 0.6 is 11.8 Å². The Balaban J connectivity index is 1.76.